The van der Waals surface area contributed by atoms with E-state index >= 15 is 0 Å². The number of benzene rings is 2. The first-order valence-electron chi connectivity index (χ1n) is 6.91. The molecule has 0 heterocycles. The fourth-order valence-electron chi connectivity index (χ4n) is 1.92. The van der Waals surface area contributed by atoms with Gasteiger partial charge in [0.1, 0.15) is 11.6 Å². The Morgan fingerprint density at radius 2 is 1.68 bits per heavy atom. The number of hydrogen-bond acceptors (Lipinski definition) is 3. The van der Waals surface area contributed by atoms with Gasteiger partial charge in [-0.2, -0.15) is 5.10 Å². The maximum atomic E-state index is 12.8. The first kappa shape index (κ1) is 15.7. The molecule has 0 saturated carbocycles. The van der Waals surface area contributed by atoms with Crippen molar-refractivity contribution >= 4 is 11.6 Å². The molecule has 0 spiro atoms. The van der Waals surface area contributed by atoms with Crippen molar-refractivity contribution in [2.24, 2.45) is 5.10 Å². The summed E-state index contributed by atoms with van der Waals surface area (Å²) in [5, 5.41) is 4.15. The lowest BCUT2D eigenvalue weighted by Gasteiger charge is -2.06. The minimum atomic E-state index is -0.382. The van der Waals surface area contributed by atoms with E-state index in [0.29, 0.717) is 12.0 Å². The molecule has 0 bridgehead atoms. The van der Waals surface area contributed by atoms with Crippen LogP contribution < -0.4 is 10.2 Å². The molecule has 0 atom stereocenters. The van der Waals surface area contributed by atoms with Crippen molar-refractivity contribution in [2.75, 3.05) is 7.11 Å². The predicted octanol–water partition coefficient (Wildman–Crippen LogP) is 3.38. The van der Waals surface area contributed by atoms with Crippen LogP contribution in [0, 0.1) is 5.82 Å². The lowest BCUT2D eigenvalue weighted by atomic mass is 10.1. The van der Waals surface area contributed by atoms with E-state index < -0.39 is 0 Å². The van der Waals surface area contributed by atoms with Gasteiger partial charge >= 0.3 is 0 Å². The molecular formula is C17H17FN2O2. The number of nitrogens with zero attached hydrogens (tertiary/aromatic N) is 1. The summed E-state index contributed by atoms with van der Waals surface area (Å²) in [6, 6.07) is 12.7. The zero-order chi connectivity index (χ0) is 15.9. The Labute approximate surface area is 128 Å². The van der Waals surface area contributed by atoms with Crippen LogP contribution in [0.3, 0.4) is 0 Å². The highest BCUT2D eigenvalue weighted by Gasteiger charge is 2.06. The van der Waals surface area contributed by atoms with Gasteiger partial charge in [-0.1, -0.05) is 6.92 Å². The number of methoxy groups -OCH3 is 1. The number of ether oxygens (including phenoxy) is 1. The predicted molar refractivity (Wildman–Crippen MR) is 83.7 cm³/mol. The molecule has 0 aliphatic heterocycles. The number of carbonyl (C=O) groups is 1. The molecule has 1 amide bonds. The van der Waals surface area contributed by atoms with Gasteiger partial charge in [-0.15, -0.1) is 0 Å². The van der Waals surface area contributed by atoms with Gasteiger partial charge in [0.15, 0.2) is 0 Å². The number of rotatable bonds is 5. The molecule has 4 nitrogen and oxygen atoms in total. The molecule has 0 aliphatic rings. The van der Waals surface area contributed by atoms with Crippen LogP contribution in [0.15, 0.2) is 53.6 Å². The first-order chi connectivity index (χ1) is 10.6. The standard InChI is InChI=1S/C17H17FN2O2/c1-3-16(12-6-10-15(22-2)11-7-12)19-20-17(21)13-4-8-14(18)9-5-13/h4-11H,3H2,1-2H3,(H,20,21). The van der Waals surface area contributed by atoms with Crippen LogP contribution in [-0.4, -0.2) is 18.7 Å². The van der Waals surface area contributed by atoms with Gasteiger partial charge in [0.2, 0.25) is 0 Å². The molecular weight excluding hydrogens is 283 g/mol. The zero-order valence-electron chi connectivity index (χ0n) is 12.5. The largest absolute Gasteiger partial charge is 0.497 e. The van der Waals surface area contributed by atoms with Gasteiger partial charge in [-0.25, -0.2) is 9.82 Å². The summed E-state index contributed by atoms with van der Waals surface area (Å²) in [6.45, 7) is 1.95. The van der Waals surface area contributed by atoms with Gasteiger partial charge in [0, 0.05) is 5.56 Å². The first-order valence-corrected chi connectivity index (χ1v) is 6.91. The summed E-state index contributed by atoms with van der Waals surface area (Å²) in [4.78, 5) is 11.9. The Morgan fingerprint density at radius 1 is 1.09 bits per heavy atom. The molecule has 2 aromatic rings. The molecule has 0 radical (unpaired) electrons. The molecule has 0 aromatic heterocycles. The van der Waals surface area contributed by atoms with E-state index in [4.69, 9.17) is 4.74 Å². The third-order valence-corrected chi connectivity index (χ3v) is 3.16. The van der Waals surface area contributed by atoms with E-state index in [2.05, 4.69) is 10.5 Å². The van der Waals surface area contributed by atoms with E-state index in [1.54, 1.807) is 7.11 Å². The summed E-state index contributed by atoms with van der Waals surface area (Å²) >= 11 is 0. The average Bonchev–Trinajstić information content (AvgIpc) is 2.56. The smallest absolute Gasteiger partial charge is 0.271 e. The lowest BCUT2D eigenvalue weighted by molar-refractivity contribution is 0.0954. The normalized spacial score (nSPS) is 11.1. The number of hydrazone groups is 1. The molecule has 2 rings (SSSR count). The Bertz CT molecular complexity index is 664. The van der Waals surface area contributed by atoms with Crippen molar-refractivity contribution in [2.45, 2.75) is 13.3 Å². The third kappa shape index (κ3) is 3.91. The summed E-state index contributed by atoms with van der Waals surface area (Å²) in [5.74, 6) is 0.00143. The second-order valence-electron chi connectivity index (χ2n) is 4.59. The number of hydrogen-bond donors (Lipinski definition) is 1. The van der Waals surface area contributed by atoms with Crippen molar-refractivity contribution in [3.05, 3.63) is 65.5 Å². The number of nitrogens with one attached hydrogen (secondary N) is 1. The highest BCUT2D eigenvalue weighted by molar-refractivity contribution is 6.02. The SMILES string of the molecule is CCC(=NNC(=O)c1ccc(F)cc1)c1ccc(OC)cc1. The van der Waals surface area contributed by atoms with E-state index in [-0.39, 0.29) is 11.7 Å². The average molecular weight is 300 g/mol. The minimum absolute atomic E-state index is 0.357. The van der Waals surface area contributed by atoms with Crippen LogP contribution in [0.5, 0.6) is 5.75 Å². The number of amides is 1. The van der Waals surface area contributed by atoms with Crippen molar-refractivity contribution in [1.82, 2.24) is 5.43 Å². The third-order valence-electron chi connectivity index (χ3n) is 3.16. The Morgan fingerprint density at radius 3 is 2.23 bits per heavy atom. The topological polar surface area (TPSA) is 50.7 Å². The molecule has 22 heavy (non-hydrogen) atoms. The lowest BCUT2D eigenvalue weighted by Crippen LogP contribution is -2.20. The van der Waals surface area contributed by atoms with Gasteiger partial charge in [0.25, 0.3) is 5.91 Å². The van der Waals surface area contributed by atoms with Crippen LogP contribution in [0.1, 0.15) is 29.3 Å². The molecule has 114 valence electrons. The highest BCUT2D eigenvalue weighted by Crippen LogP contribution is 2.13. The summed E-state index contributed by atoms with van der Waals surface area (Å²) in [6.07, 6.45) is 0.663. The van der Waals surface area contributed by atoms with E-state index in [1.807, 2.05) is 31.2 Å². The van der Waals surface area contributed by atoms with Crippen LogP contribution in [0.2, 0.25) is 0 Å². The summed E-state index contributed by atoms with van der Waals surface area (Å²) < 4.78 is 17.9. The number of carbonyl (C=O) groups excluding carboxylic acids is 1. The number of halogens is 1. The quantitative estimate of drug-likeness (QED) is 0.680. The molecule has 0 aliphatic carbocycles. The van der Waals surface area contributed by atoms with Crippen LogP contribution in [0.4, 0.5) is 4.39 Å². The second kappa shape index (κ2) is 7.36. The molecule has 0 fully saturated rings. The van der Waals surface area contributed by atoms with E-state index in [9.17, 15) is 9.18 Å². The maximum absolute atomic E-state index is 12.8. The Kier molecular flexibility index (Phi) is 5.25. The van der Waals surface area contributed by atoms with Crippen LogP contribution in [-0.2, 0) is 0 Å². The zero-order valence-corrected chi connectivity index (χ0v) is 12.5. The monoisotopic (exact) mass is 300 g/mol. The van der Waals surface area contributed by atoms with Crippen molar-refractivity contribution in [1.29, 1.82) is 0 Å². The van der Waals surface area contributed by atoms with Crippen molar-refractivity contribution in [3.63, 3.8) is 0 Å². The van der Waals surface area contributed by atoms with Crippen molar-refractivity contribution < 1.29 is 13.9 Å². The Hall–Kier alpha value is -2.69. The van der Waals surface area contributed by atoms with E-state index in [1.165, 1.54) is 24.3 Å². The van der Waals surface area contributed by atoms with Crippen molar-refractivity contribution in [3.8, 4) is 5.75 Å². The summed E-state index contributed by atoms with van der Waals surface area (Å²) in [5.41, 5.74) is 4.50. The second-order valence-corrected chi connectivity index (χ2v) is 4.59. The van der Waals surface area contributed by atoms with Gasteiger partial charge in [0.05, 0.1) is 12.8 Å². The molecule has 1 N–H and O–H groups in total. The van der Waals surface area contributed by atoms with Gasteiger partial charge in [-0.3, -0.25) is 4.79 Å². The highest BCUT2D eigenvalue weighted by atomic mass is 19.1. The van der Waals surface area contributed by atoms with Gasteiger partial charge < -0.3 is 4.74 Å². The molecule has 0 unspecified atom stereocenters. The molecule has 5 heteroatoms. The summed E-state index contributed by atoms with van der Waals surface area (Å²) in [7, 11) is 1.60. The maximum Gasteiger partial charge on any atom is 0.271 e. The fraction of sp³-hybridized carbons (Fsp3) is 0.176. The molecule has 0 saturated heterocycles. The van der Waals surface area contributed by atoms with Gasteiger partial charge in [-0.05, 0) is 60.5 Å². The van der Waals surface area contributed by atoms with E-state index in [0.717, 1.165) is 17.0 Å². The minimum Gasteiger partial charge on any atom is -0.497 e. The fourth-order valence-corrected chi connectivity index (χ4v) is 1.92. The van der Waals surface area contributed by atoms with Crippen LogP contribution >= 0.6 is 0 Å². The Balaban J connectivity index is 2.11. The van der Waals surface area contributed by atoms with Crippen LogP contribution in [0.25, 0.3) is 0 Å². The molecule has 2 aromatic carbocycles.